The van der Waals surface area contributed by atoms with Crippen LogP contribution in [0.2, 0.25) is 0 Å². The molecule has 0 saturated heterocycles. The third kappa shape index (κ3) is 4.36. The van der Waals surface area contributed by atoms with Gasteiger partial charge in [0.25, 0.3) is 0 Å². The van der Waals surface area contributed by atoms with E-state index in [9.17, 15) is 18.0 Å². The molecule has 0 aliphatic carbocycles. The molecule has 1 N–H and O–H groups in total. The predicted molar refractivity (Wildman–Crippen MR) is 71.7 cm³/mol. The van der Waals surface area contributed by atoms with Crippen molar-refractivity contribution in [1.29, 1.82) is 0 Å². The number of carboxylic acid groups (broad SMARTS) is 1. The van der Waals surface area contributed by atoms with Crippen molar-refractivity contribution >= 4 is 22.4 Å². The summed E-state index contributed by atoms with van der Waals surface area (Å²) in [4.78, 5) is 16.8. The summed E-state index contributed by atoms with van der Waals surface area (Å²) in [6.07, 6.45) is -4.47. The lowest BCUT2D eigenvalue weighted by Crippen LogP contribution is -2.23. The Morgan fingerprint density at radius 2 is 2.10 bits per heavy atom. The minimum atomic E-state index is -4.24. The number of alkyl halides is 3. The highest BCUT2D eigenvalue weighted by molar-refractivity contribution is 7.17. The summed E-state index contributed by atoms with van der Waals surface area (Å²) in [5.74, 6) is -1.13. The Morgan fingerprint density at radius 1 is 1.50 bits per heavy atom. The van der Waals surface area contributed by atoms with Crippen LogP contribution in [0.25, 0.3) is 0 Å². The Morgan fingerprint density at radius 3 is 2.55 bits per heavy atom. The Kier molecular flexibility index (Phi) is 5.38. The number of rotatable bonds is 6. The molecule has 1 aromatic rings. The molecule has 1 rings (SSSR count). The van der Waals surface area contributed by atoms with Gasteiger partial charge in [-0.3, -0.25) is 0 Å². The first-order valence-corrected chi connectivity index (χ1v) is 6.99. The maximum absolute atomic E-state index is 12.2. The number of carbonyl (C=O) groups is 1. The minimum absolute atomic E-state index is 0.0397. The molecule has 20 heavy (non-hydrogen) atoms. The highest BCUT2D eigenvalue weighted by atomic mass is 32.1. The van der Waals surface area contributed by atoms with Crippen LogP contribution in [-0.2, 0) is 0 Å². The average Bonchev–Trinajstić information content (AvgIpc) is 2.79. The van der Waals surface area contributed by atoms with Crippen LogP contribution in [0, 0.1) is 0 Å². The maximum atomic E-state index is 12.2. The Balaban J connectivity index is 2.93. The van der Waals surface area contributed by atoms with Crippen LogP contribution in [0.4, 0.5) is 18.3 Å². The largest absolute Gasteiger partial charge is 0.477 e. The second kappa shape index (κ2) is 6.43. The molecular weight excluding hydrogens is 293 g/mol. The highest BCUT2D eigenvalue weighted by Crippen LogP contribution is 2.32. The number of thiazole rings is 1. The summed E-state index contributed by atoms with van der Waals surface area (Å²) in [5, 5.41) is 9.44. The maximum Gasteiger partial charge on any atom is 0.390 e. The SMILES string of the molecule is CCC(C)c1nc(N(C)CCC(F)(F)F)sc1C(=O)O. The number of anilines is 1. The van der Waals surface area contributed by atoms with Crippen LogP contribution in [-0.4, -0.2) is 35.8 Å². The fourth-order valence-corrected chi connectivity index (χ4v) is 2.57. The van der Waals surface area contributed by atoms with E-state index in [2.05, 4.69) is 4.98 Å². The van der Waals surface area contributed by atoms with Crippen LogP contribution in [0.15, 0.2) is 0 Å². The molecule has 0 bridgehead atoms. The number of hydrogen-bond acceptors (Lipinski definition) is 4. The standard InChI is InChI=1S/C12H17F3N2O2S/c1-4-7(2)8-9(10(18)19)20-11(16-8)17(3)6-5-12(13,14)15/h7H,4-6H2,1-3H3,(H,18,19). The molecule has 0 amide bonds. The predicted octanol–water partition coefficient (Wildman–Crippen LogP) is 3.74. The molecule has 1 heterocycles. The quantitative estimate of drug-likeness (QED) is 0.869. The van der Waals surface area contributed by atoms with Crippen molar-refractivity contribution in [3.05, 3.63) is 10.6 Å². The molecule has 4 nitrogen and oxygen atoms in total. The van der Waals surface area contributed by atoms with Crippen LogP contribution < -0.4 is 4.90 Å². The van der Waals surface area contributed by atoms with Crippen molar-refractivity contribution < 1.29 is 23.1 Å². The fourth-order valence-electron chi connectivity index (χ4n) is 1.55. The van der Waals surface area contributed by atoms with Gasteiger partial charge in [0.05, 0.1) is 12.1 Å². The van der Waals surface area contributed by atoms with Crippen molar-refractivity contribution in [2.45, 2.75) is 38.8 Å². The van der Waals surface area contributed by atoms with Gasteiger partial charge in [-0.1, -0.05) is 25.2 Å². The van der Waals surface area contributed by atoms with Gasteiger partial charge in [0, 0.05) is 13.6 Å². The molecule has 0 aliphatic rings. The molecule has 0 saturated carbocycles. The van der Waals surface area contributed by atoms with Gasteiger partial charge in [0.15, 0.2) is 5.13 Å². The zero-order valence-corrected chi connectivity index (χ0v) is 12.3. The zero-order chi connectivity index (χ0) is 15.5. The molecule has 0 spiro atoms. The van der Waals surface area contributed by atoms with Gasteiger partial charge in [-0.05, 0) is 12.3 Å². The lowest BCUT2D eigenvalue weighted by Gasteiger charge is -2.16. The van der Waals surface area contributed by atoms with E-state index in [1.807, 2.05) is 13.8 Å². The first kappa shape index (κ1) is 16.7. The Labute approximate surface area is 119 Å². The summed E-state index contributed by atoms with van der Waals surface area (Å²) in [5.41, 5.74) is 0.443. The number of halogens is 3. The summed E-state index contributed by atoms with van der Waals surface area (Å²) in [6, 6.07) is 0. The minimum Gasteiger partial charge on any atom is -0.477 e. The van der Waals surface area contributed by atoms with E-state index in [0.717, 1.165) is 17.8 Å². The Hall–Kier alpha value is -1.31. The molecule has 1 atom stereocenters. The van der Waals surface area contributed by atoms with Crippen molar-refractivity contribution in [2.75, 3.05) is 18.5 Å². The molecule has 0 aliphatic heterocycles. The molecule has 114 valence electrons. The van der Waals surface area contributed by atoms with Gasteiger partial charge in [0.2, 0.25) is 0 Å². The topological polar surface area (TPSA) is 53.4 Å². The van der Waals surface area contributed by atoms with Crippen LogP contribution in [0.1, 0.15) is 48.0 Å². The summed E-state index contributed by atoms with van der Waals surface area (Å²) >= 11 is 0.918. The number of aromatic carboxylic acids is 1. The van der Waals surface area contributed by atoms with E-state index >= 15 is 0 Å². The van der Waals surface area contributed by atoms with Gasteiger partial charge in [-0.25, -0.2) is 9.78 Å². The monoisotopic (exact) mass is 310 g/mol. The zero-order valence-electron chi connectivity index (χ0n) is 11.5. The first-order chi connectivity index (χ1) is 9.15. The second-order valence-electron chi connectivity index (χ2n) is 4.61. The molecule has 1 aromatic heterocycles. The molecule has 0 radical (unpaired) electrons. The average molecular weight is 310 g/mol. The molecule has 1 unspecified atom stereocenters. The highest BCUT2D eigenvalue weighted by Gasteiger charge is 2.28. The number of carboxylic acids is 1. The van der Waals surface area contributed by atoms with Gasteiger partial charge < -0.3 is 10.0 Å². The third-order valence-corrected chi connectivity index (χ3v) is 4.15. The second-order valence-corrected chi connectivity index (χ2v) is 5.59. The fraction of sp³-hybridized carbons (Fsp3) is 0.667. The molecule has 0 aromatic carbocycles. The first-order valence-electron chi connectivity index (χ1n) is 6.17. The van der Waals surface area contributed by atoms with E-state index in [-0.39, 0.29) is 17.3 Å². The number of hydrogen-bond donors (Lipinski definition) is 1. The summed E-state index contributed by atoms with van der Waals surface area (Å²) in [6.45, 7) is 3.51. The van der Waals surface area contributed by atoms with Gasteiger partial charge in [-0.2, -0.15) is 13.2 Å². The lowest BCUT2D eigenvalue weighted by molar-refractivity contribution is -0.132. The van der Waals surface area contributed by atoms with E-state index in [1.54, 1.807) is 0 Å². The van der Waals surface area contributed by atoms with Crippen molar-refractivity contribution in [2.24, 2.45) is 0 Å². The molecular formula is C12H17F3N2O2S. The smallest absolute Gasteiger partial charge is 0.390 e. The summed E-state index contributed by atoms with van der Waals surface area (Å²) < 4.78 is 36.6. The number of aromatic nitrogens is 1. The van der Waals surface area contributed by atoms with Crippen molar-refractivity contribution in [1.82, 2.24) is 4.98 Å². The van der Waals surface area contributed by atoms with E-state index < -0.39 is 18.6 Å². The van der Waals surface area contributed by atoms with E-state index in [0.29, 0.717) is 10.8 Å². The van der Waals surface area contributed by atoms with Gasteiger partial charge >= 0.3 is 12.1 Å². The van der Waals surface area contributed by atoms with E-state index in [4.69, 9.17) is 5.11 Å². The van der Waals surface area contributed by atoms with Gasteiger partial charge in [-0.15, -0.1) is 0 Å². The third-order valence-electron chi connectivity index (χ3n) is 2.97. The van der Waals surface area contributed by atoms with Crippen molar-refractivity contribution in [3.8, 4) is 0 Å². The Bertz CT molecular complexity index is 474. The van der Waals surface area contributed by atoms with Crippen LogP contribution in [0.5, 0.6) is 0 Å². The van der Waals surface area contributed by atoms with Crippen LogP contribution >= 0.6 is 11.3 Å². The lowest BCUT2D eigenvalue weighted by atomic mass is 10.0. The van der Waals surface area contributed by atoms with Crippen LogP contribution in [0.3, 0.4) is 0 Å². The summed E-state index contributed by atoms with van der Waals surface area (Å²) in [7, 11) is 1.48. The van der Waals surface area contributed by atoms with Gasteiger partial charge in [0.1, 0.15) is 4.88 Å². The molecule has 8 heteroatoms. The normalized spacial score (nSPS) is 13.3. The molecule has 0 fully saturated rings. The number of nitrogens with zero attached hydrogens (tertiary/aromatic N) is 2. The van der Waals surface area contributed by atoms with E-state index in [1.165, 1.54) is 11.9 Å². The van der Waals surface area contributed by atoms with Crippen molar-refractivity contribution in [3.63, 3.8) is 0 Å².